The summed E-state index contributed by atoms with van der Waals surface area (Å²) < 4.78 is 5.16. The highest BCUT2D eigenvalue weighted by molar-refractivity contribution is 5.96. The fraction of sp³-hybridized carbons (Fsp3) is 0.345. The zero-order valence-electron chi connectivity index (χ0n) is 22.8. The van der Waals surface area contributed by atoms with Gasteiger partial charge in [0.1, 0.15) is 11.5 Å². The lowest BCUT2D eigenvalue weighted by Crippen LogP contribution is -2.35. The first-order chi connectivity index (χ1) is 17.6. The standard InChI is InChI=1S/C16H20N2O4.C11H13NO.C2H6/c1-10(2)14(16(21)18-11(3)19)6-5-13-8-12(9-17-22)4-7-15(13)20;1-8-11-6-10(13-3)5-4-9(11)7-12(8)2;1-2/h4-10,14,20,22H,1-3H3,(H,18,19,21);4-6H,1,7H2,2-3H3;1-2H3/b6-5+,17-9+;;. The molecular formula is C29H39N3O5. The maximum Gasteiger partial charge on any atom is 0.233 e. The number of carbonyl (C=O) groups is 2. The van der Waals surface area contributed by atoms with Gasteiger partial charge in [0, 0.05) is 37.3 Å². The van der Waals surface area contributed by atoms with Crippen LogP contribution in [-0.2, 0) is 16.1 Å². The van der Waals surface area contributed by atoms with Crippen molar-refractivity contribution in [3.8, 4) is 11.5 Å². The quantitative estimate of drug-likeness (QED) is 0.277. The third-order valence-corrected chi connectivity index (χ3v) is 5.56. The molecule has 2 aromatic carbocycles. The van der Waals surface area contributed by atoms with Crippen LogP contribution in [0, 0.1) is 11.8 Å². The molecule has 0 fully saturated rings. The van der Waals surface area contributed by atoms with E-state index in [1.807, 2.05) is 39.8 Å². The fourth-order valence-electron chi connectivity index (χ4n) is 3.58. The summed E-state index contributed by atoms with van der Waals surface area (Å²) in [5.74, 6) is -0.367. The molecule has 200 valence electrons. The van der Waals surface area contributed by atoms with Gasteiger partial charge >= 0.3 is 0 Å². The van der Waals surface area contributed by atoms with Crippen molar-refractivity contribution in [3.63, 3.8) is 0 Å². The van der Waals surface area contributed by atoms with Crippen molar-refractivity contribution in [3.05, 3.63) is 71.3 Å². The van der Waals surface area contributed by atoms with Crippen molar-refractivity contribution < 1.29 is 24.6 Å². The van der Waals surface area contributed by atoms with E-state index < -0.39 is 11.8 Å². The van der Waals surface area contributed by atoms with Crippen LogP contribution in [0.5, 0.6) is 11.5 Å². The molecule has 2 aromatic rings. The van der Waals surface area contributed by atoms with E-state index >= 15 is 0 Å². The van der Waals surface area contributed by atoms with E-state index in [2.05, 4.69) is 35.1 Å². The number of amides is 2. The number of hydrogen-bond acceptors (Lipinski definition) is 7. The zero-order valence-corrected chi connectivity index (χ0v) is 22.8. The molecule has 8 heteroatoms. The van der Waals surface area contributed by atoms with Crippen molar-refractivity contribution in [2.24, 2.45) is 17.0 Å². The molecule has 3 rings (SSSR count). The third kappa shape index (κ3) is 9.14. The molecule has 1 aliphatic heterocycles. The maximum absolute atomic E-state index is 12.0. The van der Waals surface area contributed by atoms with Crippen LogP contribution in [0.2, 0.25) is 0 Å². The van der Waals surface area contributed by atoms with Gasteiger partial charge in [-0.1, -0.05) is 57.6 Å². The Morgan fingerprint density at radius 2 is 1.86 bits per heavy atom. The SMILES string of the molecule is C=C1c2cc(OC)ccc2CN1C.CC.CC(=O)NC(=O)C(/C=C/c1cc(/C=N/O)ccc1O)C(C)C. The van der Waals surface area contributed by atoms with E-state index in [1.54, 1.807) is 31.4 Å². The van der Waals surface area contributed by atoms with Gasteiger partial charge in [0.05, 0.1) is 19.2 Å². The Morgan fingerprint density at radius 1 is 1.19 bits per heavy atom. The first kappa shape index (κ1) is 31.0. The number of phenols is 1. The number of oxime groups is 1. The second-order valence-electron chi connectivity index (χ2n) is 8.56. The van der Waals surface area contributed by atoms with Gasteiger partial charge in [-0.05, 0) is 47.4 Å². The number of rotatable bonds is 6. The molecule has 0 bridgehead atoms. The predicted molar refractivity (Wildman–Crippen MR) is 149 cm³/mol. The van der Waals surface area contributed by atoms with Crippen LogP contribution in [0.1, 0.15) is 56.9 Å². The number of methoxy groups -OCH3 is 1. The molecule has 1 aliphatic rings. The van der Waals surface area contributed by atoms with E-state index in [0.29, 0.717) is 11.1 Å². The van der Waals surface area contributed by atoms with Gasteiger partial charge in [-0.15, -0.1) is 0 Å². The van der Waals surface area contributed by atoms with E-state index in [4.69, 9.17) is 9.94 Å². The fourth-order valence-corrected chi connectivity index (χ4v) is 3.58. The van der Waals surface area contributed by atoms with Crippen LogP contribution < -0.4 is 10.1 Å². The lowest BCUT2D eigenvalue weighted by Gasteiger charge is -2.15. The van der Waals surface area contributed by atoms with E-state index in [1.165, 1.54) is 30.3 Å². The third-order valence-electron chi connectivity index (χ3n) is 5.56. The van der Waals surface area contributed by atoms with Crippen LogP contribution in [0.15, 0.2) is 54.2 Å². The Morgan fingerprint density at radius 3 is 2.43 bits per heavy atom. The predicted octanol–water partition coefficient (Wildman–Crippen LogP) is 5.29. The largest absolute Gasteiger partial charge is 0.507 e. The van der Waals surface area contributed by atoms with Crippen molar-refractivity contribution in [1.29, 1.82) is 0 Å². The monoisotopic (exact) mass is 509 g/mol. The second kappa shape index (κ2) is 15.1. The minimum absolute atomic E-state index is 0.0140. The van der Waals surface area contributed by atoms with Crippen molar-refractivity contribution in [1.82, 2.24) is 10.2 Å². The van der Waals surface area contributed by atoms with Crippen LogP contribution in [-0.4, -0.2) is 47.4 Å². The second-order valence-corrected chi connectivity index (χ2v) is 8.56. The summed E-state index contributed by atoms with van der Waals surface area (Å²) in [6, 6.07) is 10.8. The minimum Gasteiger partial charge on any atom is -0.507 e. The smallest absolute Gasteiger partial charge is 0.233 e. The van der Waals surface area contributed by atoms with Gasteiger partial charge in [-0.25, -0.2) is 0 Å². The number of hydrogen-bond donors (Lipinski definition) is 3. The van der Waals surface area contributed by atoms with Gasteiger partial charge in [-0.2, -0.15) is 0 Å². The van der Waals surface area contributed by atoms with Crippen molar-refractivity contribution >= 4 is 29.8 Å². The Balaban J connectivity index is 0.000000385. The molecule has 8 nitrogen and oxygen atoms in total. The number of benzene rings is 2. The first-order valence-electron chi connectivity index (χ1n) is 12.1. The average Bonchev–Trinajstić information content (AvgIpc) is 3.15. The van der Waals surface area contributed by atoms with Gasteiger partial charge in [0.25, 0.3) is 0 Å². The number of imide groups is 1. The molecular weight excluding hydrogens is 470 g/mol. The summed E-state index contributed by atoms with van der Waals surface area (Å²) in [6.07, 6.45) is 4.48. The molecule has 0 aliphatic carbocycles. The summed E-state index contributed by atoms with van der Waals surface area (Å²) in [4.78, 5) is 25.1. The highest BCUT2D eigenvalue weighted by Gasteiger charge is 2.20. The zero-order chi connectivity index (χ0) is 28.1. The maximum atomic E-state index is 12.0. The number of nitrogens with one attached hydrogen (secondary N) is 1. The average molecular weight is 510 g/mol. The number of carbonyl (C=O) groups excluding carboxylic acids is 2. The number of aromatic hydroxyl groups is 1. The molecule has 0 aromatic heterocycles. The summed E-state index contributed by atoms with van der Waals surface area (Å²) in [5.41, 5.74) is 4.71. The van der Waals surface area contributed by atoms with Crippen molar-refractivity contribution in [2.75, 3.05) is 14.2 Å². The molecule has 3 N–H and O–H groups in total. The van der Waals surface area contributed by atoms with Crippen LogP contribution >= 0.6 is 0 Å². The summed E-state index contributed by atoms with van der Waals surface area (Å²) in [7, 11) is 3.73. The minimum atomic E-state index is -0.501. The molecule has 0 saturated carbocycles. The van der Waals surface area contributed by atoms with Gasteiger partial charge in [-0.3, -0.25) is 14.9 Å². The topological polar surface area (TPSA) is 111 Å². The van der Waals surface area contributed by atoms with Gasteiger partial charge < -0.3 is 20.0 Å². The molecule has 1 unspecified atom stereocenters. The number of fused-ring (bicyclic) bond motifs is 1. The molecule has 0 radical (unpaired) electrons. The summed E-state index contributed by atoms with van der Waals surface area (Å²) in [5, 5.41) is 23.5. The lowest BCUT2D eigenvalue weighted by molar-refractivity contribution is -0.131. The molecule has 0 saturated heterocycles. The summed E-state index contributed by atoms with van der Waals surface area (Å²) >= 11 is 0. The molecule has 0 spiro atoms. The highest BCUT2D eigenvalue weighted by atomic mass is 16.5. The highest BCUT2D eigenvalue weighted by Crippen LogP contribution is 2.32. The summed E-state index contributed by atoms with van der Waals surface area (Å²) in [6.45, 7) is 14.0. The van der Waals surface area contributed by atoms with Crippen molar-refractivity contribution in [2.45, 2.75) is 41.2 Å². The molecule has 1 heterocycles. The normalized spacial score (nSPS) is 13.0. The molecule has 37 heavy (non-hydrogen) atoms. The van der Waals surface area contributed by atoms with Crippen LogP contribution in [0.4, 0.5) is 0 Å². The first-order valence-corrected chi connectivity index (χ1v) is 12.1. The Labute approximate surface area is 220 Å². The Bertz CT molecular complexity index is 1140. The number of ether oxygens (including phenoxy) is 1. The number of phenolic OH excluding ortho intramolecular Hbond substituents is 1. The van der Waals surface area contributed by atoms with Crippen LogP contribution in [0.25, 0.3) is 11.8 Å². The number of nitrogens with zero attached hydrogens (tertiary/aromatic N) is 2. The van der Waals surface area contributed by atoms with E-state index in [-0.39, 0.29) is 17.6 Å². The lowest BCUT2D eigenvalue weighted by atomic mass is 9.93. The van der Waals surface area contributed by atoms with E-state index in [9.17, 15) is 14.7 Å². The van der Waals surface area contributed by atoms with Crippen LogP contribution in [0.3, 0.4) is 0 Å². The Hall–Kier alpha value is -4.07. The van der Waals surface area contributed by atoms with Gasteiger partial charge in [0.2, 0.25) is 11.8 Å². The van der Waals surface area contributed by atoms with E-state index in [0.717, 1.165) is 18.0 Å². The molecule has 1 atom stereocenters. The van der Waals surface area contributed by atoms with Gasteiger partial charge in [0.15, 0.2) is 0 Å². The Kier molecular flexibility index (Phi) is 12.7. The molecule has 2 amide bonds.